The van der Waals surface area contributed by atoms with Gasteiger partial charge in [-0.05, 0) is 109 Å². The molecular formula is C49H89N7. The van der Waals surface area contributed by atoms with E-state index in [1.54, 1.807) is 0 Å². The molecule has 0 aliphatic carbocycles. The third-order valence-corrected chi connectivity index (χ3v) is 9.77. The minimum atomic E-state index is -0.00559. The Hall–Kier alpha value is -4.00. The first-order valence-corrected chi connectivity index (χ1v) is 21.4. The lowest BCUT2D eigenvalue weighted by atomic mass is 9.99. The Kier molecular flexibility index (Phi) is 30.1. The summed E-state index contributed by atoms with van der Waals surface area (Å²) in [5.74, 6) is 1.68. The van der Waals surface area contributed by atoms with Crippen LogP contribution in [0.4, 0.5) is 5.69 Å². The van der Waals surface area contributed by atoms with Gasteiger partial charge in [-0.25, -0.2) is 0 Å². The van der Waals surface area contributed by atoms with E-state index in [2.05, 4.69) is 150 Å². The first-order valence-electron chi connectivity index (χ1n) is 21.4. The van der Waals surface area contributed by atoms with Gasteiger partial charge in [-0.15, -0.1) is 6.58 Å². The molecule has 2 rings (SSSR count). The monoisotopic (exact) mass is 776 g/mol. The summed E-state index contributed by atoms with van der Waals surface area (Å²) < 4.78 is 0. The third-order valence-electron chi connectivity index (χ3n) is 9.77. The first kappa shape index (κ1) is 54.1. The van der Waals surface area contributed by atoms with Crippen molar-refractivity contribution in [1.29, 1.82) is 0 Å². The van der Waals surface area contributed by atoms with Crippen LogP contribution in [0.25, 0.3) is 0 Å². The van der Waals surface area contributed by atoms with Gasteiger partial charge in [0.2, 0.25) is 0 Å². The molecule has 0 amide bonds. The van der Waals surface area contributed by atoms with Crippen LogP contribution in [0, 0.1) is 11.8 Å². The Balaban J connectivity index is 0. The third kappa shape index (κ3) is 25.2. The summed E-state index contributed by atoms with van der Waals surface area (Å²) >= 11 is 0. The van der Waals surface area contributed by atoms with E-state index < -0.39 is 0 Å². The quantitative estimate of drug-likeness (QED) is 0.0528. The molecule has 6 N–H and O–H groups in total. The highest BCUT2D eigenvalue weighted by molar-refractivity contribution is 5.50. The lowest BCUT2D eigenvalue weighted by molar-refractivity contribution is 0.329. The first-order chi connectivity index (χ1) is 26.3. The normalized spacial score (nSPS) is 14.4. The van der Waals surface area contributed by atoms with Crippen LogP contribution in [0.5, 0.6) is 0 Å². The van der Waals surface area contributed by atoms with Crippen molar-refractivity contribution in [2.45, 2.75) is 152 Å². The molecule has 0 saturated carbocycles. The molecule has 0 radical (unpaired) electrons. The van der Waals surface area contributed by atoms with Crippen molar-refractivity contribution in [1.82, 2.24) is 25.8 Å². The Labute approximate surface area is 347 Å². The highest BCUT2D eigenvalue weighted by Gasteiger charge is 2.22. The van der Waals surface area contributed by atoms with Crippen LogP contribution in [0.15, 0.2) is 110 Å². The smallest absolute Gasteiger partial charge is 0.0885 e. The lowest BCUT2D eigenvalue weighted by Crippen LogP contribution is -2.43. The summed E-state index contributed by atoms with van der Waals surface area (Å²) in [5, 5.41) is 13.7. The van der Waals surface area contributed by atoms with Crippen LogP contribution in [-0.2, 0) is 6.42 Å². The summed E-state index contributed by atoms with van der Waals surface area (Å²) in [6, 6.07) is 9.34. The Morgan fingerprint density at radius 3 is 1.95 bits per heavy atom. The summed E-state index contributed by atoms with van der Waals surface area (Å²) in [6.45, 7) is 54.7. The molecule has 4 atom stereocenters. The Bertz CT molecular complexity index is 1310. The van der Waals surface area contributed by atoms with Gasteiger partial charge >= 0.3 is 0 Å². The summed E-state index contributed by atoms with van der Waals surface area (Å²) in [7, 11) is 2.03. The molecule has 1 saturated heterocycles. The molecule has 3 unspecified atom stereocenters. The van der Waals surface area contributed by atoms with Crippen LogP contribution in [0.3, 0.4) is 0 Å². The van der Waals surface area contributed by atoms with Gasteiger partial charge in [0, 0.05) is 66.9 Å². The molecule has 0 bridgehead atoms. The van der Waals surface area contributed by atoms with Crippen molar-refractivity contribution < 1.29 is 0 Å². The molecule has 0 aromatic heterocycles. The van der Waals surface area contributed by atoms with Gasteiger partial charge in [0.1, 0.15) is 0 Å². The maximum atomic E-state index is 5.67. The maximum Gasteiger partial charge on any atom is 0.0885 e. The zero-order chi connectivity index (χ0) is 43.4. The van der Waals surface area contributed by atoms with E-state index in [1.165, 1.54) is 48.9 Å². The molecule has 0 spiro atoms. The molecule has 1 aliphatic rings. The van der Waals surface area contributed by atoms with Crippen molar-refractivity contribution in [2.75, 3.05) is 32.0 Å². The second-order valence-electron chi connectivity index (χ2n) is 15.9. The molecule has 1 aliphatic heterocycles. The lowest BCUT2D eigenvalue weighted by Gasteiger charge is -2.31. The predicted octanol–water partition coefficient (Wildman–Crippen LogP) is 11.8. The van der Waals surface area contributed by atoms with E-state index in [9.17, 15) is 0 Å². The van der Waals surface area contributed by atoms with Crippen molar-refractivity contribution in [2.24, 2.45) is 17.6 Å². The van der Waals surface area contributed by atoms with E-state index in [-0.39, 0.29) is 12.1 Å². The molecule has 1 heterocycles. The number of nitrogens with zero attached hydrogens (tertiary/aromatic N) is 2. The summed E-state index contributed by atoms with van der Waals surface area (Å²) in [6.07, 6.45) is 10.1. The number of aryl methyl sites for hydroxylation is 1. The average Bonchev–Trinajstić information content (AvgIpc) is 3.57. The van der Waals surface area contributed by atoms with Gasteiger partial charge in [0.15, 0.2) is 0 Å². The number of hydrogen-bond donors (Lipinski definition) is 5. The molecule has 320 valence electrons. The minimum Gasteiger partial charge on any atom is -0.386 e. The van der Waals surface area contributed by atoms with Gasteiger partial charge < -0.3 is 36.8 Å². The predicted molar refractivity (Wildman–Crippen MR) is 253 cm³/mol. The second kappa shape index (κ2) is 31.1. The highest BCUT2D eigenvalue weighted by Crippen LogP contribution is 2.24. The minimum absolute atomic E-state index is 0.00559. The van der Waals surface area contributed by atoms with E-state index >= 15 is 0 Å². The van der Waals surface area contributed by atoms with Crippen LogP contribution in [0.1, 0.15) is 133 Å². The Morgan fingerprint density at radius 2 is 1.52 bits per heavy atom. The van der Waals surface area contributed by atoms with Crippen molar-refractivity contribution in [3.8, 4) is 0 Å². The molecular weight excluding hydrogens is 687 g/mol. The zero-order valence-electron chi connectivity index (χ0n) is 38.6. The van der Waals surface area contributed by atoms with Crippen molar-refractivity contribution in [3.05, 3.63) is 116 Å². The van der Waals surface area contributed by atoms with E-state index in [0.29, 0.717) is 17.8 Å². The van der Waals surface area contributed by atoms with Gasteiger partial charge in [0.25, 0.3) is 0 Å². The fourth-order valence-electron chi connectivity index (χ4n) is 6.45. The molecule has 7 nitrogen and oxygen atoms in total. The van der Waals surface area contributed by atoms with Gasteiger partial charge in [0.05, 0.1) is 17.9 Å². The molecule has 1 aromatic rings. The topological polar surface area (TPSA) is 80.6 Å². The zero-order valence-corrected chi connectivity index (χ0v) is 38.6. The molecule has 56 heavy (non-hydrogen) atoms. The number of allylic oxidation sites excluding steroid dienone is 4. The number of anilines is 1. The average molecular weight is 776 g/mol. The number of benzene rings is 1. The summed E-state index contributed by atoms with van der Waals surface area (Å²) in [4.78, 5) is 4.57. The van der Waals surface area contributed by atoms with E-state index in [4.69, 9.17) is 5.73 Å². The van der Waals surface area contributed by atoms with Gasteiger partial charge in [-0.2, -0.15) is 0 Å². The summed E-state index contributed by atoms with van der Waals surface area (Å²) in [5.41, 5.74) is 14.5. The van der Waals surface area contributed by atoms with Crippen LogP contribution >= 0.6 is 0 Å². The van der Waals surface area contributed by atoms with Crippen molar-refractivity contribution in [3.63, 3.8) is 0 Å². The molecule has 7 heteroatoms. The van der Waals surface area contributed by atoms with Gasteiger partial charge in [-0.3, -0.25) is 0 Å². The number of nitrogens with two attached hydrogens (primary N) is 1. The van der Waals surface area contributed by atoms with Gasteiger partial charge in [-0.1, -0.05) is 112 Å². The molecule has 1 fully saturated rings. The van der Waals surface area contributed by atoms with Crippen LogP contribution in [0.2, 0.25) is 0 Å². The largest absolute Gasteiger partial charge is 0.386 e. The fourth-order valence-corrected chi connectivity index (χ4v) is 6.45. The second-order valence-corrected chi connectivity index (χ2v) is 15.9. The molecule has 1 aromatic carbocycles. The van der Waals surface area contributed by atoms with Crippen LogP contribution in [-0.4, -0.2) is 54.6 Å². The number of nitrogens with one attached hydrogen (secondary N) is 4. The number of rotatable bonds is 24. The van der Waals surface area contributed by atoms with E-state index in [0.717, 1.165) is 79.7 Å². The highest BCUT2D eigenvalue weighted by atomic mass is 15.2. The fraction of sp³-hybridized carbons (Fsp3) is 0.592. The SMILES string of the molecule is C=C(C)CC(C)CCC.C=C(C)N(C)CC.C=C(C)NC(C(=C)N[C@@H](CCCNC(=C)N)C(=C)Nc1ccc(CCC(=C)N2CCCC2C)cc1)C(C)C.CC. The van der Waals surface area contributed by atoms with E-state index in [1.807, 2.05) is 34.7 Å². The van der Waals surface area contributed by atoms with Crippen LogP contribution < -0.4 is 27.0 Å². The maximum absolute atomic E-state index is 5.67. The standard InChI is InChI=1S/C32H52N6.C9H18.C6H13N.C2H6/c1-22(2)32(35-23(3)4)27(8)37-31(13-10-20-34-28(9)33)26(7)36-30-18-16-29(17-19-30)15-14-25(6)38-21-11-12-24(38)5;1-5-6-9(4)7-8(2)3;1-5-7(4)6(2)3;1-2/h16-19,22,24,31-32,34-37H,3,6-15,20-21,33H2,1-2,4-5H3;9H,2,5-7H2,1,3-4H3;2,5H2,1,3-4H3;1-2H3/t24?,31-,32?;;;/m0.../s1. The van der Waals surface area contributed by atoms with Crippen molar-refractivity contribution >= 4 is 5.69 Å². The number of hydrogen-bond acceptors (Lipinski definition) is 7. The Morgan fingerprint density at radius 1 is 0.911 bits per heavy atom. The number of likely N-dealkylation sites (tertiary alicyclic amines) is 1.